The van der Waals surface area contributed by atoms with Crippen molar-refractivity contribution in [1.29, 1.82) is 0 Å². The number of halogens is 2. The van der Waals surface area contributed by atoms with Gasteiger partial charge in [0.15, 0.2) is 0 Å². The predicted octanol–water partition coefficient (Wildman–Crippen LogP) is 4.26. The molecule has 28 heavy (non-hydrogen) atoms. The Morgan fingerprint density at radius 3 is 2.68 bits per heavy atom. The number of rotatable bonds is 5. The normalized spacial score (nSPS) is 16.6. The highest BCUT2D eigenvalue weighted by molar-refractivity contribution is 6.31. The second kappa shape index (κ2) is 8.29. The van der Waals surface area contributed by atoms with Crippen molar-refractivity contribution in [2.75, 3.05) is 11.9 Å². The first-order valence-electron chi connectivity index (χ1n) is 9.07. The van der Waals surface area contributed by atoms with Crippen molar-refractivity contribution < 1.29 is 18.7 Å². The Morgan fingerprint density at radius 2 is 2.00 bits per heavy atom. The fraction of sp³-hybridized carbons (Fsp3) is 0.333. The highest BCUT2D eigenvalue weighted by Gasteiger charge is 2.27. The number of nitrogens with one attached hydrogen (secondary N) is 2. The van der Waals surface area contributed by atoms with Gasteiger partial charge in [-0.05, 0) is 62.6 Å². The summed E-state index contributed by atoms with van der Waals surface area (Å²) in [7, 11) is 0. The van der Waals surface area contributed by atoms with Gasteiger partial charge in [0.25, 0.3) is 11.8 Å². The maximum atomic E-state index is 13.3. The van der Waals surface area contributed by atoms with Crippen molar-refractivity contribution in [3.8, 4) is 0 Å². The summed E-state index contributed by atoms with van der Waals surface area (Å²) in [4.78, 5) is 24.9. The molecule has 1 aliphatic rings. The maximum Gasteiger partial charge on any atom is 0.253 e. The largest absolute Gasteiger partial charge is 0.368 e. The molecule has 1 fully saturated rings. The molecule has 148 valence electrons. The Balaban J connectivity index is 1.72. The monoisotopic (exact) mass is 404 g/mol. The van der Waals surface area contributed by atoms with Crippen molar-refractivity contribution in [2.24, 2.45) is 0 Å². The number of carbonyl (C=O) groups excluding carboxylic acids is 2. The molecule has 2 amide bonds. The lowest BCUT2D eigenvalue weighted by Crippen LogP contribution is -2.41. The lowest BCUT2D eigenvalue weighted by Gasteiger charge is -2.28. The van der Waals surface area contributed by atoms with Crippen LogP contribution >= 0.6 is 11.6 Å². The molecule has 1 saturated heterocycles. The van der Waals surface area contributed by atoms with Gasteiger partial charge in [0.05, 0.1) is 5.54 Å². The van der Waals surface area contributed by atoms with Crippen LogP contribution in [0.15, 0.2) is 42.5 Å². The molecule has 0 saturated carbocycles. The van der Waals surface area contributed by atoms with E-state index in [9.17, 15) is 14.0 Å². The van der Waals surface area contributed by atoms with Gasteiger partial charge in [-0.2, -0.15) is 0 Å². The van der Waals surface area contributed by atoms with Crippen LogP contribution in [0.3, 0.4) is 0 Å². The van der Waals surface area contributed by atoms with Crippen LogP contribution in [0.4, 0.5) is 10.1 Å². The number of hydrogen-bond acceptors (Lipinski definition) is 3. The second-order valence-electron chi connectivity index (χ2n) is 7.28. The van der Waals surface area contributed by atoms with E-state index < -0.39 is 17.5 Å². The molecule has 0 bridgehead atoms. The van der Waals surface area contributed by atoms with Gasteiger partial charge in [0.1, 0.15) is 11.9 Å². The molecule has 5 nitrogen and oxygen atoms in total. The average Bonchev–Trinajstić information content (AvgIpc) is 3.16. The van der Waals surface area contributed by atoms with E-state index in [0.717, 1.165) is 6.42 Å². The Morgan fingerprint density at radius 1 is 1.21 bits per heavy atom. The summed E-state index contributed by atoms with van der Waals surface area (Å²) >= 11 is 6.14. The molecule has 2 aromatic carbocycles. The zero-order chi connectivity index (χ0) is 20.3. The van der Waals surface area contributed by atoms with E-state index in [4.69, 9.17) is 16.3 Å². The van der Waals surface area contributed by atoms with Gasteiger partial charge in [0.2, 0.25) is 0 Å². The van der Waals surface area contributed by atoms with E-state index in [2.05, 4.69) is 10.6 Å². The first kappa shape index (κ1) is 20.3. The summed E-state index contributed by atoms with van der Waals surface area (Å²) in [5.41, 5.74) is 0.688. The van der Waals surface area contributed by atoms with Gasteiger partial charge in [0, 0.05) is 22.9 Å². The highest BCUT2D eigenvalue weighted by atomic mass is 35.5. The van der Waals surface area contributed by atoms with Crippen LogP contribution in [0, 0.1) is 5.82 Å². The average molecular weight is 405 g/mol. The number of anilines is 1. The fourth-order valence-corrected chi connectivity index (χ4v) is 3.57. The van der Waals surface area contributed by atoms with Crippen LogP contribution in [-0.2, 0) is 15.1 Å². The minimum absolute atomic E-state index is 0.214. The molecule has 1 aliphatic heterocycles. The lowest BCUT2D eigenvalue weighted by atomic mass is 9.93. The molecule has 2 aromatic rings. The van der Waals surface area contributed by atoms with Crippen molar-refractivity contribution in [2.45, 2.75) is 38.3 Å². The zero-order valence-corrected chi connectivity index (χ0v) is 16.5. The number of ether oxygens (including phenoxy) is 1. The van der Waals surface area contributed by atoms with Gasteiger partial charge < -0.3 is 15.4 Å². The molecule has 0 aliphatic carbocycles. The van der Waals surface area contributed by atoms with Gasteiger partial charge in [-0.25, -0.2) is 4.39 Å². The molecular weight excluding hydrogens is 383 g/mol. The van der Waals surface area contributed by atoms with Crippen LogP contribution in [-0.4, -0.2) is 24.5 Å². The summed E-state index contributed by atoms with van der Waals surface area (Å²) in [5, 5.41) is 5.92. The smallest absolute Gasteiger partial charge is 0.253 e. The van der Waals surface area contributed by atoms with Crippen LogP contribution in [0.2, 0.25) is 5.02 Å². The van der Waals surface area contributed by atoms with Gasteiger partial charge in [-0.15, -0.1) is 0 Å². The SMILES string of the molecule is CC(C)(NC(=O)c1cccc(NC(=O)C2CCCO2)c1)c1ccc(F)cc1Cl. The molecule has 1 heterocycles. The van der Waals surface area contributed by atoms with E-state index in [1.807, 2.05) is 0 Å². The molecule has 3 rings (SSSR count). The Bertz CT molecular complexity index is 895. The van der Waals surface area contributed by atoms with Crippen molar-refractivity contribution >= 4 is 29.1 Å². The van der Waals surface area contributed by atoms with Gasteiger partial charge >= 0.3 is 0 Å². The third-order valence-electron chi connectivity index (χ3n) is 4.64. The number of hydrogen-bond donors (Lipinski definition) is 2. The quantitative estimate of drug-likeness (QED) is 0.782. The third-order valence-corrected chi connectivity index (χ3v) is 4.96. The molecule has 0 spiro atoms. The minimum atomic E-state index is -0.821. The van der Waals surface area contributed by atoms with E-state index >= 15 is 0 Å². The van der Waals surface area contributed by atoms with Crippen LogP contribution in [0.25, 0.3) is 0 Å². The third kappa shape index (κ3) is 4.69. The van der Waals surface area contributed by atoms with Crippen LogP contribution < -0.4 is 10.6 Å². The number of benzene rings is 2. The molecular formula is C21H22ClFN2O3. The summed E-state index contributed by atoms with van der Waals surface area (Å²) in [6, 6.07) is 10.7. The van der Waals surface area contributed by atoms with E-state index in [1.165, 1.54) is 12.1 Å². The maximum absolute atomic E-state index is 13.3. The Kier molecular flexibility index (Phi) is 6.01. The Hall–Kier alpha value is -2.44. The lowest BCUT2D eigenvalue weighted by molar-refractivity contribution is -0.124. The highest BCUT2D eigenvalue weighted by Crippen LogP contribution is 2.29. The van der Waals surface area contributed by atoms with Crippen molar-refractivity contribution in [1.82, 2.24) is 5.32 Å². The summed E-state index contributed by atoms with van der Waals surface area (Å²) in [5.74, 6) is -0.988. The molecule has 0 radical (unpaired) electrons. The Labute approximate surface area is 168 Å². The summed E-state index contributed by atoms with van der Waals surface area (Å²) in [6.07, 6.45) is 1.11. The molecule has 0 aromatic heterocycles. The summed E-state index contributed by atoms with van der Waals surface area (Å²) < 4.78 is 18.7. The van der Waals surface area contributed by atoms with Crippen molar-refractivity contribution in [3.63, 3.8) is 0 Å². The number of carbonyl (C=O) groups is 2. The molecule has 7 heteroatoms. The minimum Gasteiger partial charge on any atom is -0.368 e. The first-order valence-corrected chi connectivity index (χ1v) is 9.44. The van der Waals surface area contributed by atoms with Gasteiger partial charge in [-0.3, -0.25) is 9.59 Å². The van der Waals surface area contributed by atoms with Crippen LogP contribution in [0.5, 0.6) is 0 Å². The van der Waals surface area contributed by atoms with E-state index in [0.29, 0.717) is 29.8 Å². The number of amides is 2. The molecule has 2 N–H and O–H groups in total. The standard InChI is InChI=1S/C21H22ClFN2O3/c1-21(2,16-9-8-14(23)12-17(16)22)25-19(26)13-5-3-6-15(11-13)24-20(27)18-7-4-10-28-18/h3,5-6,8-9,11-12,18H,4,7,10H2,1-2H3,(H,24,27)(H,25,26). The first-order chi connectivity index (χ1) is 13.3. The topological polar surface area (TPSA) is 67.4 Å². The zero-order valence-electron chi connectivity index (χ0n) is 15.7. The van der Waals surface area contributed by atoms with Crippen molar-refractivity contribution in [3.05, 3.63) is 64.4 Å². The van der Waals surface area contributed by atoms with Gasteiger partial charge in [-0.1, -0.05) is 23.7 Å². The van der Waals surface area contributed by atoms with E-state index in [1.54, 1.807) is 44.2 Å². The second-order valence-corrected chi connectivity index (χ2v) is 7.68. The molecule has 1 unspecified atom stereocenters. The molecule has 1 atom stereocenters. The summed E-state index contributed by atoms with van der Waals surface area (Å²) in [6.45, 7) is 4.15. The fourth-order valence-electron chi connectivity index (χ4n) is 3.17. The van der Waals surface area contributed by atoms with E-state index in [-0.39, 0.29) is 16.8 Å². The predicted molar refractivity (Wildman–Crippen MR) is 106 cm³/mol. The van der Waals surface area contributed by atoms with Crippen LogP contribution in [0.1, 0.15) is 42.6 Å².